The summed E-state index contributed by atoms with van der Waals surface area (Å²) in [5.74, 6) is 6.10. The van der Waals surface area contributed by atoms with Crippen LogP contribution in [0.5, 0.6) is 0 Å². The predicted octanol–water partition coefficient (Wildman–Crippen LogP) is 4.60. The minimum atomic E-state index is -4.55. The highest BCUT2D eigenvalue weighted by atomic mass is 35.5. The van der Waals surface area contributed by atoms with Crippen LogP contribution in [0.2, 0.25) is 5.02 Å². The van der Waals surface area contributed by atoms with Crippen molar-refractivity contribution in [3.8, 4) is 11.8 Å². The van der Waals surface area contributed by atoms with Gasteiger partial charge in [0.05, 0.1) is 10.6 Å². The first kappa shape index (κ1) is 14.6. The molecule has 2 nitrogen and oxygen atoms in total. The van der Waals surface area contributed by atoms with E-state index in [1.807, 2.05) is 0 Å². The second-order valence-electron chi connectivity index (χ2n) is 5.25. The Hall–Kier alpha value is -1.38. The van der Waals surface area contributed by atoms with Gasteiger partial charge in [0.25, 0.3) is 0 Å². The molecule has 6 heteroatoms. The summed E-state index contributed by atoms with van der Waals surface area (Å²) in [5, 5.41) is 2.55. The number of benzene rings is 1. The lowest BCUT2D eigenvalue weighted by Crippen LogP contribution is -2.30. The molecule has 0 bridgehead atoms. The number of anilines is 1. The summed E-state index contributed by atoms with van der Waals surface area (Å²) in [6, 6.07) is 2.79. The van der Waals surface area contributed by atoms with Crippen LogP contribution in [-0.2, 0) is 10.9 Å². The van der Waals surface area contributed by atoms with Gasteiger partial charge < -0.3 is 10.1 Å². The summed E-state index contributed by atoms with van der Waals surface area (Å²) in [6.45, 7) is 1.73. The number of hydrogen-bond acceptors (Lipinski definition) is 2. The maximum absolute atomic E-state index is 13.3. The Kier molecular flexibility index (Phi) is 3.54. The lowest BCUT2D eigenvalue weighted by Gasteiger charge is -2.31. The molecule has 1 aromatic rings. The predicted molar refractivity (Wildman–Crippen MR) is 73.9 cm³/mol. The molecule has 3 rings (SSSR count). The average Bonchev–Trinajstić information content (AvgIpc) is 3.18. The molecule has 1 unspecified atom stereocenters. The maximum Gasteiger partial charge on any atom is 0.418 e. The third-order valence-corrected chi connectivity index (χ3v) is 3.75. The molecular formula is C15H13ClF3NO. The molecule has 0 radical (unpaired) electrons. The molecule has 1 fully saturated rings. The molecule has 1 heterocycles. The minimum absolute atomic E-state index is 0.0127. The smallest absolute Gasteiger partial charge is 0.360 e. The van der Waals surface area contributed by atoms with Gasteiger partial charge >= 0.3 is 6.18 Å². The molecule has 2 aliphatic rings. The van der Waals surface area contributed by atoms with Gasteiger partial charge in [0.1, 0.15) is 12.3 Å². The maximum atomic E-state index is 13.3. The van der Waals surface area contributed by atoms with Crippen LogP contribution in [0.25, 0.3) is 0 Å². The number of rotatable bonds is 0. The standard InChI is InChI=1S/C15H13ClF3NO/c1-8-20-11-6-5-10(16)14(15(17,18)19)13(11)12(21-8)7-4-9-2-3-9/h5-6,8-9,12,20H,2-3H2,1H3/t8-,12?/m0/s1. The Morgan fingerprint density at radius 2 is 2.00 bits per heavy atom. The van der Waals surface area contributed by atoms with Gasteiger partial charge in [-0.2, -0.15) is 13.2 Å². The molecule has 1 N–H and O–H groups in total. The highest BCUT2D eigenvalue weighted by Gasteiger charge is 2.41. The fourth-order valence-electron chi connectivity index (χ4n) is 2.33. The number of nitrogens with one attached hydrogen (secondary N) is 1. The van der Waals surface area contributed by atoms with E-state index in [0.717, 1.165) is 12.8 Å². The molecule has 2 atom stereocenters. The van der Waals surface area contributed by atoms with Gasteiger partial charge in [-0.05, 0) is 31.9 Å². The lowest BCUT2D eigenvalue weighted by molar-refractivity contribution is -0.139. The van der Waals surface area contributed by atoms with Gasteiger partial charge in [-0.15, -0.1) is 0 Å². The number of alkyl halides is 3. The normalized spacial score (nSPS) is 24.6. The van der Waals surface area contributed by atoms with Crippen LogP contribution in [0, 0.1) is 17.8 Å². The Morgan fingerprint density at radius 1 is 1.29 bits per heavy atom. The molecule has 1 aliphatic heterocycles. The van der Waals surface area contributed by atoms with Gasteiger partial charge in [-0.1, -0.05) is 23.4 Å². The van der Waals surface area contributed by atoms with Crippen molar-refractivity contribution in [3.05, 3.63) is 28.3 Å². The summed E-state index contributed by atoms with van der Waals surface area (Å²) in [7, 11) is 0. The zero-order chi connectivity index (χ0) is 15.2. The molecule has 0 spiro atoms. The number of ether oxygens (including phenoxy) is 1. The second-order valence-corrected chi connectivity index (χ2v) is 5.65. The SMILES string of the molecule is C[C@H]1Nc2ccc(Cl)c(C(F)(F)F)c2C(C#CC2CC2)O1. The van der Waals surface area contributed by atoms with Gasteiger partial charge in [0, 0.05) is 17.2 Å². The van der Waals surface area contributed by atoms with Crippen LogP contribution in [0.3, 0.4) is 0 Å². The molecule has 21 heavy (non-hydrogen) atoms. The molecule has 0 amide bonds. The minimum Gasteiger partial charge on any atom is -0.360 e. The molecule has 1 aromatic carbocycles. The van der Waals surface area contributed by atoms with E-state index in [0.29, 0.717) is 5.69 Å². The summed E-state index contributed by atoms with van der Waals surface area (Å²) >= 11 is 5.77. The number of fused-ring (bicyclic) bond motifs is 1. The topological polar surface area (TPSA) is 21.3 Å². The van der Waals surface area contributed by atoms with Crippen molar-refractivity contribution < 1.29 is 17.9 Å². The van der Waals surface area contributed by atoms with Crippen molar-refractivity contribution >= 4 is 17.3 Å². The van der Waals surface area contributed by atoms with Crippen LogP contribution < -0.4 is 5.32 Å². The molecule has 1 saturated carbocycles. The van der Waals surface area contributed by atoms with Crippen LogP contribution in [-0.4, -0.2) is 6.23 Å². The third-order valence-electron chi connectivity index (χ3n) is 3.44. The second kappa shape index (κ2) is 5.11. The van der Waals surface area contributed by atoms with E-state index >= 15 is 0 Å². The first-order valence-corrected chi connectivity index (χ1v) is 7.06. The highest BCUT2D eigenvalue weighted by molar-refractivity contribution is 6.31. The van der Waals surface area contributed by atoms with Crippen LogP contribution in [0.15, 0.2) is 12.1 Å². The highest BCUT2D eigenvalue weighted by Crippen LogP contribution is 2.45. The van der Waals surface area contributed by atoms with Crippen molar-refractivity contribution in [2.45, 2.75) is 38.3 Å². The zero-order valence-corrected chi connectivity index (χ0v) is 12.0. The Morgan fingerprint density at radius 3 is 2.62 bits per heavy atom. The van der Waals surface area contributed by atoms with Crippen molar-refractivity contribution in [3.63, 3.8) is 0 Å². The summed E-state index contributed by atoms with van der Waals surface area (Å²) in [6.07, 6.45) is -3.86. The summed E-state index contributed by atoms with van der Waals surface area (Å²) in [5.41, 5.74) is -0.502. The van der Waals surface area contributed by atoms with Gasteiger partial charge in [-0.3, -0.25) is 0 Å². The average molecular weight is 316 g/mol. The fraction of sp³-hybridized carbons (Fsp3) is 0.467. The Labute approximate surface area is 125 Å². The summed E-state index contributed by atoms with van der Waals surface area (Å²) < 4.78 is 45.4. The van der Waals surface area contributed by atoms with Crippen LogP contribution >= 0.6 is 11.6 Å². The van der Waals surface area contributed by atoms with Crippen molar-refractivity contribution in [1.82, 2.24) is 0 Å². The molecule has 0 saturated heterocycles. The number of hydrogen-bond donors (Lipinski definition) is 1. The fourth-order valence-corrected chi connectivity index (χ4v) is 2.60. The largest absolute Gasteiger partial charge is 0.418 e. The van der Waals surface area contributed by atoms with Crippen LogP contribution in [0.1, 0.15) is 37.0 Å². The van der Waals surface area contributed by atoms with Gasteiger partial charge in [0.15, 0.2) is 0 Å². The zero-order valence-electron chi connectivity index (χ0n) is 11.2. The van der Waals surface area contributed by atoms with E-state index in [1.54, 1.807) is 6.92 Å². The van der Waals surface area contributed by atoms with Crippen molar-refractivity contribution in [1.29, 1.82) is 0 Å². The quantitative estimate of drug-likeness (QED) is 0.706. The molecule has 112 valence electrons. The first-order valence-electron chi connectivity index (χ1n) is 6.69. The number of halogens is 4. The Balaban J connectivity index is 2.12. The molecular weight excluding hydrogens is 303 g/mol. The van der Waals surface area contributed by atoms with E-state index in [4.69, 9.17) is 16.3 Å². The van der Waals surface area contributed by atoms with E-state index in [2.05, 4.69) is 17.2 Å². The van der Waals surface area contributed by atoms with Crippen molar-refractivity contribution in [2.24, 2.45) is 5.92 Å². The van der Waals surface area contributed by atoms with Gasteiger partial charge in [-0.25, -0.2) is 0 Å². The Bertz CT molecular complexity index is 628. The molecule has 0 aromatic heterocycles. The molecule has 1 aliphatic carbocycles. The lowest BCUT2D eigenvalue weighted by atomic mass is 9.97. The summed E-state index contributed by atoms with van der Waals surface area (Å²) in [4.78, 5) is 0. The van der Waals surface area contributed by atoms with E-state index in [1.165, 1.54) is 12.1 Å². The van der Waals surface area contributed by atoms with E-state index in [-0.39, 0.29) is 16.5 Å². The van der Waals surface area contributed by atoms with E-state index < -0.39 is 24.1 Å². The third kappa shape index (κ3) is 2.97. The first-order chi connectivity index (χ1) is 9.86. The van der Waals surface area contributed by atoms with Crippen molar-refractivity contribution in [2.75, 3.05) is 5.32 Å². The van der Waals surface area contributed by atoms with Gasteiger partial charge in [0.2, 0.25) is 0 Å². The monoisotopic (exact) mass is 315 g/mol. The van der Waals surface area contributed by atoms with E-state index in [9.17, 15) is 13.2 Å². The van der Waals surface area contributed by atoms with Crippen LogP contribution in [0.4, 0.5) is 18.9 Å².